The Kier molecular flexibility index (Phi) is 1.72. The van der Waals surface area contributed by atoms with E-state index in [2.05, 4.69) is 32.9 Å². The van der Waals surface area contributed by atoms with Crippen molar-refractivity contribution in [2.24, 2.45) is 0 Å². The number of hydrogen-bond acceptors (Lipinski definition) is 2. The average Bonchev–Trinajstić information content (AvgIpc) is 1.77. The minimum absolute atomic E-state index is 0.910. The van der Waals surface area contributed by atoms with Gasteiger partial charge >= 0.3 is 5.82 Å². The molecule has 0 fully saturated rings. The standard InChI is InChI=1S/C4H5IN3/c1-4-6-2-3-7-8(4)5/h2-3H,1H3/q+1. The van der Waals surface area contributed by atoms with Crippen LogP contribution in [0.15, 0.2) is 12.4 Å². The van der Waals surface area contributed by atoms with Crippen LogP contribution in [-0.4, -0.2) is 10.1 Å². The highest BCUT2D eigenvalue weighted by atomic mass is 127. The third kappa shape index (κ3) is 1.12. The minimum atomic E-state index is 0.910. The highest BCUT2D eigenvalue weighted by molar-refractivity contribution is 14.1. The third-order valence-electron chi connectivity index (χ3n) is 0.763. The van der Waals surface area contributed by atoms with Gasteiger partial charge in [-0.25, -0.2) is 0 Å². The number of aryl methyl sites for hydroxylation is 1. The van der Waals surface area contributed by atoms with E-state index in [0.29, 0.717) is 0 Å². The van der Waals surface area contributed by atoms with Gasteiger partial charge in [0.05, 0.1) is 0 Å². The molecule has 0 spiro atoms. The van der Waals surface area contributed by atoms with E-state index >= 15 is 0 Å². The zero-order valence-electron chi connectivity index (χ0n) is 4.37. The second-order valence-corrected chi connectivity index (χ2v) is 2.26. The summed E-state index contributed by atoms with van der Waals surface area (Å²) < 4.78 is 1.69. The quantitative estimate of drug-likeness (QED) is 0.589. The fourth-order valence-corrected chi connectivity index (χ4v) is 0.629. The molecule has 1 heterocycles. The summed E-state index contributed by atoms with van der Waals surface area (Å²) in [6.07, 6.45) is 3.32. The second kappa shape index (κ2) is 2.34. The van der Waals surface area contributed by atoms with Crippen molar-refractivity contribution >= 4 is 22.9 Å². The summed E-state index contributed by atoms with van der Waals surface area (Å²) in [5, 5.41) is 3.92. The van der Waals surface area contributed by atoms with Gasteiger partial charge in [0.1, 0.15) is 6.20 Å². The Balaban J connectivity index is 3.13. The molecule has 0 amide bonds. The van der Waals surface area contributed by atoms with Crippen LogP contribution in [0.5, 0.6) is 0 Å². The molecule has 0 atom stereocenters. The Labute approximate surface area is 61.3 Å². The number of rotatable bonds is 0. The van der Waals surface area contributed by atoms with Gasteiger partial charge in [-0.3, -0.25) is 0 Å². The molecule has 0 aromatic carbocycles. The van der Waals surface area contributed by atoms with Gasteiger partial charge in [0.25, 0.3) is 0 Å². The van der Waals surface area contributed by atoms with Crippen molar-refractivity contribution in [3.05, 3.63) is 18.2 Å². The van der Waals surface area contributed by atoms with Crippen LogP contribution < -0.4 is 2.90 Å². The molecular weight excluding hydrogens is 217 g/mol. The minimum Gasteiger partial charge on any atom is -0.0783 e. The Morgan fingerprint density at radius 1 is 1.62 bits per heavy atom. The van der Waals surface area contributed by atoms with Crippen LogP contribution in [0.25, 0.3) is 0 Å². The molecule has 0 bridgehead atoms. The molecule has 0 aliphatic rings. The maximum absolute atomic E-state index is 3.97. The van der Waals surface area contributed by atoms with Crippen LogP contribution in [0, 0.1) is 6.92 Å². The summed E-state index contributed by atoms with van der Waals surface area (Å²) in [6.45, 7) is 1.90. The number of hydrogen-bond donors (Lipinski definition) is 0. The van der Waals surface area contributed by atoms with Gasteiger partial charge in [-0.2, -0.15) is 0 Å². The zero-order valence-corrected chi connectivity index (χ0v) is 6.53. The normalized spacial score (nSPS) is 9.25. The molecule has 0 aliphatic heterocycles. The molecular formula is C4H5IN3+. The van der Waals surface area contributed by atoms with Gasteiger partial charge in [0.15, 0.2) is 6.20 Å². The van der Waals surface area contributed by atoms with E-state index in [1.165, 1.54) is 0 Å². The average molecular weight is 222 g/mol. The molecule has 1 rings (SSSR count). The highest BCUT2D eigenvalue weighted by Crippen LogP contribution is 1.78. The van der Waals surface area contributed by atoms with Gasteiger partial charge in [0.2, 0.25) is 22.9 Å². The molecule has 0 saturated carbocycles. The Morgan fingerprint density at radius 3 is 2.75 bits per heavy atom. The van der Waals surface area contributed by atoms with Crippen LogP contribution in [-0.2, 0) is 0 Å². The number of nitrogens with zero attached hydrogens (tertiary/aromatic N) is 3. The molecule has 4 heteroatoms. The molecule has 1 aromatic heterocycles. The van der Waals surface area contributed by atoms with E-state index in [1.54, 1.807) is 15.3 Å². The smallest absolute Gasteiger partial charge is 0.0783 e. The monoisotopic (exact) mass is 222 g/mol. The molecule has 0 radical (unpaired) electrons. The summed E-state index contributed by atoms with van der Waals surface area (Å²) in [7, 11) is 0. The maximum atomic E-state index is 3.97. The lowest BCUT2D eigenvalue weighted by Crippen LogP contribution is -2.28. The largest absolute Gasteiger partial charge is 0.324 e. The molecule has 3 nitrogen and oxygen atoms in total. The first-order valence-electron chi connectivity index (χ1n) is 2.17. The molecule has 0 aliphatic carbocycles. The predicted molar refractivity (Wildman–Crippen MR) is 36.4 cm³/mol. The fraction of sp³-hybridized carbons (Fsp3) is 0.250. The number of halogens is 1. The lowest BCUT2D eigenvalue weighted by atomic mass is 10.7. The van der Waals surface area contributed by atoms with Crippen molar-refractivity contribution in [2.75, 3.05) is 0 Å². The lowest BCUT2D eigenvalue weighted by molar-refractivity contribution is -0.526. The van der Waals surface area contributed by atoms with Crippen molar-refractivity contribution in [1.29, 1.82) is 0 Å². The van der Waals surface area contributed by atoms with Gasteiger partial charge in [-0.1, -0.05) is 13.0 Å². The second-order valence-electron chi connectivity index (χ2n) is 1.35. The van der Waals surface area contributed by atoms with Crippen molar-refractivity contribution in [1.82, 2.24) is 10.1 Å². The van der Waals surface area contributed by atoms with Crippen LogP contribution in [0.4, 0.5) is 0 Å². The highest BCUT2D eigenvalue weighted by Gasteiger charge is 1.99. The van der Waals surface area contributed by atoms with E-state index in [9.17, 15) is 0 Å². The van der Waals surface area contributed by atoms with E-state index in [1.807, 2.05) is 6.92 Å². The Bertz CT molecular complexity index is 167. The first-order chi connectivity index (χ1) is 3.80. The fourth-order valence-electron chi connectivity index (χ4n) is 0.361. The maximum Gasteiger partial charge on any atom is 0.324 e. The van der Waals surface area contributed by atoms with Crippen LogP contribution >= 0.6 is 22.9 Å². The Hall–Kier alpha value is -0.260. The Morgan fingerprint density at radius 2 is 2.38 bits per heavy atom. The third-order valence-corrected chi connectivity index (χ3v) is 1.71. The van der Waals surface area contributed by atoms with E-state index in [0.717, 1.165) is 5.82 Å². The first-order valence-corrected chi connectivity index (χ1v) is 3.13. The van der Waals surface area contributed by atoms with E-state index in [-0.39, 0.29) is 0 Å². The summed E-state index contributed by atoms with van der Waals surface area (Å²) in [4.78, 5) is 3.97. The molecule has 0 unspecified atom stereocenters. The van der Waals surface area contributed by atoms with Crippen molar-refractivity contribution < 1.29 is 2.90 Å². The summed E-state index contributed by atoms with van der Waals surface area (Å²) >= 11 is 2.07. The van der Waals surface area contributed by atoms with Crippen LogP contribution in [0.2, 0.25) is 0 Å². The lowest BCUT2D eigenvalue weighted by Gasteiger charge is -1.80. The topological polar surface area (TPSA) is 29.7 Å². The van der Waals surface area contributed by atoms with Crippen molar-refractivity contribution in [3.8, 4) is 0 Å². The molecule has 42 valence electrons. The summed E-state index contributed by atoms with van der Waals surface area (Å²) in [5.41, 5.74) is 0. The molecule has 0 N–H and O–H groups in total. The molecule has 1 aromatic rings. The zero-order chi connectivity index (χ0) is 5.98. The predicted octanol–water partition coefficient (Wildman–Crippen LogP) is 0.271. The molecule has 0 saturated heterocycles. The summed E-state index contributed by atoms with van der Waals surface area (Å²) in [6, 6.07) is 0. The van der Waals surface area contributed by atoms with Gasteiger partial charge < -0.3 is 0 Å². The van der Waals surface area contributed by atoms with E-state index in [4.69, 9.17) is 0 Å². The van der Waals surface area contributed by atoms with Crippen molar-refractivity contribution in [3.63, 3.8) is 0 Å². The first kappa shape index (κ1) is 5.87. The van der Waals surface area contributed by atoms with Gasteiger partial charge in [-0.05, 0) is 0 Å². The van der Waals surface area contributed by atoms with Crippen molar-refractivity contribution in [2.45, 2.75) is 6.92 Å². The van der Waals surface area contributed by atoms with Gasteiger partial charge in [-0.15, -0.1) is 0 Å². The number of aromatic nitrogens is 3. The molecule has 8 heavy (non-hydrogen) atoms. The van der Waals surface area contributed by atoms with Crippen LogP contribution in [0.1, 0.15) is 5.82 Å². The van der Waals surface area contributed by atoms with Crippen LogP contribution in [0.3, 0.4) is 0 Å². The summed E-state index contributed by atoms with van der Waals surface area (Å²) in [5.74, 6) is 0.910. The van der Waals surface area contributed by atoms with E-state index < -0.39 is 0 Å². The SMILES string of the molecule is Cc1nccn[n+]1I. The van der Waals surface area contributed by atoms with Gasteiger partial charge in [0, 0.05) is 6.92 Å².